The smallest absolute Gasteiger partial charge is 0.423 e. The molecule has 222 valence electrons. The number of ether oxygens (including phenoxy) is 2. The molecule has 2 saturated carbocycles. The average molecular weight is 578 g/mol. The van der Waals surface area contributed by atoms with E-state index in [0.717, 1.165) is 43.6 Å². The molecule has 1 aliphatic heterocycles. The van der Waals surface area contributed by atoms with Gasteiger partial charge >= 0.3 is 12.3 Å². The number of amides is 1. The number of carbonyl (C=O) groups excluding carboxylic acids is 1. The van der Waals surface area contributed by atoms with Gasteiger partial charge in [0.25, 0.3) is 5.69 Å². The molecule has 1 aromatic heterocycles. The molecule has 2 aromatic rings. The summed E-state index contributed by atoms with van der Waals surface area (Å²) in [4.78, 5) is 31.0. The predicted molar refractivity (Wildman–Crippen MR) is 145 cm³/mol. The Hall–Kier alpha value is -3.77. The molecule has 0 bridgehead atoms. The van der Waals surface area contributed by atoms with Crippen LogP contribution in [0.15, 0.2) is 36.4 Å². The van der Waals surface area contributed by atoms with Crippen molar-refractivity contribution in [2.75, 3.05) is 36.4 Å². The third kappa shape index (κ3) is 7.31. The highest BCUT2D eigenvalue weighted by Gasteiger charge is 2.38. The highest BCUT2D eigenvalue weighted by molar-refractivity contribution is 5.68. The first-order valence-electron chi connectivity index (χ1n) is 14.1. The van der Waals surface area contributed by atoms with Crippen molar-refractivity contribution in [1.82, 2.24) is 9.88 Å². The molecule has 0 unspecified atom stereocenters. The summed E-state index contributed by atoms with van der Waals surface area (Å²) in [5, 5.41) is 14.1. The number of pyridine rings is 1. The first-order valence-corrected chi connectivity index (χ1v) is 14.1. The number of hydrogen-bond donors (Lipinski definition) is 1. The lowest BCUT2D eigenvalue weighted by molar-refractivity contribution is -0.388. The lowest BCUT2D eigenvalue weighted by Crippen LogP contribution is -2.49. The summed E-state index contributed by atoms with van der Waals surface area (Å²) in [6, 6.07) is 8.53. The molecule has 41 heavy (non-hydrogen) atoms. The summed E-state index contributed by atoms with van der Waals surface area (Å²) < 4.78 is 51.7. The number of nitro benzene ring substituents is 1. The minimum absolute atomic E-state index is 0.0476. The van der Waals surface area contributed by atoms with Crippen molar-refractivity contribution in [3.05, 3.63) is 52.1 Å². The van der Waals surface area contributed by atoms with Gasteiger partial charge in [0.15, 0.2) is 0 Å². The van der Waals surface area contributed by atoms with E-state index in [4.69, 9.17) is 9.47 Å². The number of nitro groups is 1. The van der Waals surface area contributed by atoms with Crippen LogP contribution < -0.4 is 15.0 Å². The molecule has 10 nitrogen and oxygen atoms in total. The molecule has 5 rings (SSSR count). The number of rotatable bonds is 7. The Labute approximate surface area is 236 Å². The molecule has 1 aromatic carbocycles. The molecule has 0 spiro atoms. The minimum atomic E-state index is -4.82. The van der Waals surface area contributed by atoms with Crippen molar-refractivity contribution >= 4 is 23.3 Å². The first kappa shape index (κ1) is 28.7. The van der Waals surface area contributed by atoms with E-state index >= 15 is 0 Å². The van der Waals surface area contributed by atoms with E-state index in [1.807, 2.05) is 12.1 Å². The van der Waals surface area contributed by atoms with Gasteiger partial charge in [0.05, 0.1) is 4.92 Å². The molecule has 2 aliphatic carbocycles. The Bertz CT molecular complexity index is 1220. The number of alkyl halides is 3. The van der Waals surface area contributed by atoms with Gasteiger partial charge in [0.1, 0.15) is 23.6 Å². The lowest BCUT2D eigenvalue weighted by atomic mass is 9.92. The second kappa shape index (κ2) is 12.4. The van der Waals surface area contributed by atoms with Gasteiger partial charge in [-0.3, -0.25) is 10.1 Å². The summed E-state index contributed by atoms with van der Waals surface area (Å²) in [7, 11) is 0. The summed E-state index contributed by atoms with van der Waals surface area (Å²) in [5.74, 6) is 1.28. The maximum Gasteiger partial charge on any atom is 0.423 e. The highest BCUT2D eigenvalue weighted by atomic mass is 19.4. The summed E-state index contributed by atoms with van der Waals surface area (Å²) in [6.07, 6.45) is 1.74. The standard InChI is InChI=1S/C28H34F3N5O5/c29-28(30,31)23-18-20(10-13-24(23)36(38)39)32-19-8-11-22(12-9-19)40-26-7-3-6-25(33-26)34-14-16-35(17-15-34)27(37)41-21-4-1-2-5-21/h3,6-7,10,13,18-19,21-22,32H,1-2,4-5,8-9,11-12,14-17H2/t19-,22-. The Kier molecular flexibility index (Phi) is 8.69. The van der Waals surface area contributed by atoms with Crippen molar-refractivity contribution < 1.29 is 32.4 Å². The number of halogens is 3. The normalized spacial score (nSPS) is 21.9. The first-order chi connectivity index (χ1) is 19.7. The van der Waals surface area contributed by atoms with Crippen LogP contribution in [-0.4, -0.2) is 65.3 Å². The van der Waals surface area contributed by atoms with E-state index in [1.54, 1.807) is 11.0 Å². The molecule has 0 atom stereocenters. The number of anilines is 2. The number of nitrogens with one attached hydrogen (secondary N) is 1. The predicted octanol–water partition coefficient (Wildman–Crippen LogP) is 6.01. The fraction of sp³-hybridized carbons (Fsp3) is 0.571. The SMILES string of the molecule is O=C(OC1CCCC1)N1CCN(c2cccc(O[C@H]3CC[C@H](Nc4ccc([N+](=O)[O-])c(C(F)(F)F)c4)CC3)n2)CC1. The number of nitrogens with zero attached hydrogens (tertiary/aromatic N) is 4. The van der Waals surface area contributed by atoms with Crippen LogP contribution in [0.1, 0.15) is 56.9 Å². The third-order valence-electron chi connectivity index (χ3n) is 7.97. The molecule has 1 amide bonds. The number of carbonyl (C=O) groups is 1. The largest absolute Gasteiger partial charge is 0.474 e. The van der Waals surface area contributed by atoms with Crippen molar-refractivity contribution in [3.63, 3.8) is 0 Å². The van der Waals surface area contributed by atoms with Crippen LogP contribution in [0.4, 0.5) is 35.2 Å². The molecular formula is C28H34F3N5O5. The van der Waals surface area contributed by atoms with E-state index in [1.165, 1.54) is 6.07 Å². The zero-order chi connectivity index (χ0) is 29.0. The highest BCUT2D eigenvalue weighted by Crippen LogP contribution is 2.38. The maximum atomic E-state index is 13.3. The molecule has 1 saturated heterocycles. The Balaban J connectivity index is 1.09. The summed E-state index contributed by atoms with van der Waals surface area (Å²) in [6.45, 7) is 2.42. The molecule has 3 aliphatic rings. The topological polar surface area (TPSA) is 110 Å². The molecule has 2 heterocycles. The van der Waals surface area contributed by atoms with E-state index in [0.29, 0.717) is 57.7 Å². The molecular weight excluding hydrogens is 543 g/mol. The fourth-order valence-electron chi connectivity index (χ4n) is 5.73. The van der Waals surface area contributed by atoms with Gasteiger partial charge in [-0.1, -0.05) is 6.07 Å². The number of benzene rings is 1. The molecule has 13 heteroatoms. The monoisotopic (exact) mass is 577 g/mol. The van der Waals surface area contributed by atoms with E-state index in [9.17, 15) is 28.1 Å². The number of piperazine rings is 1. The lowest BCUT2D eigenvalue weighted by Gasteiger charge is -2.35. The van der Waals surface area contributed by atoms with Crippen molar-refractivity contribution in [1.29, 1.82) is 0 Å². The van der Waals surface area contributed by atoms with Crippen LogP contribution in [0.5, 0.6) is 5.88 Å². The minimum Gasteiger partial charge on any atom is -0.474 e. The fourth-order valence-corrected chi connectivity index (χ4v) is 5.73. The van der Waals surface area contributed by atoms with E-state index in [2.05, 4.69) is 15.2 Å². The third-order valence-corrected chi connectivity index (χ3v) is 7.97. The Morgan fingerprint density at radius 3 is 2.34 bits per heavy atom. The van der Waals surface area contributed by atoms with Crippen molar-refractivity contribution in [3.8, 4) is 5.88 Å². The second-order valence-corrected chi connectivity index (χ2v) is 10.8. The van der Waals surface area contributed by atoms with Gasteiger partial charge in [-0.2, -0.15) is 18.2 Å². The van der Waals surface area contributed by atoms with Gasteiger partial charge in [-0.15, -0.1) is 0 Å². The van der Waals surface area contributed by atoms with Gasteiger partial charge in [0.2, 0.25) is 5.88 Å². The van der Waals surface area contributed by atoms with Crippen LogP contribution in [-0.2, 0) is 10.9 Å². The van der Waals surface area contributed by atoms with Crippen LogP contribution in [0.3, 0.4) is 0 Å². The van der Waals surface area contributed by atoms with Crippen LogP contribution in [0, 0.1) is 10.1 Å². The van der Waals surface area contributed by atoms with Gasteiger partial charge < -0.3 is 24.6 Å². The summed E-state index contributed by atoms with van der Waals surface area (Å²) in [5.41, 5.74) is -2.02. The van der Waals surface area contributed by atoms with E-state index in [-0.39, 0.29) is 30.0 Å². The number of aromatic nitrogens is 1. The molecule has 3 fully saturated rings. The quantitative estimate of drug-likeness (QED) is 0.315. The molecule has 0 radical (unpaired) electrons. The van der Waals surface area contributed by atoms with Crippen LogP contribution >= 0.6 is 0 Å². The second-order valence-electron chi connectivity index (χ2n) is 10.8. The molecule has 1 N–H and O–H groups in total. The van der Waals surface area contributed by atoms with E-state index < -0.39 is 22.4 Å². The Morgan fingerprint density at radius 2 is 1.68 bits per heavy atom. The van der Waals surface area contributed by atoms with Crippen molar-refractivity contribution in [2.24, 2.45) is 0 Å². The zero-order valence-electron chi connectivity index (χ0n) is 22.6. The average Bonchev–Trinajstić information content (AvgIpc) is 3.47. The summed E-state index contributed by atoms with van der Waals surface area (Å²) >= 11 is 0. The van der Waals surface area contributed by atoms with Crippen molar-refractivity contribution in [2.45, 2.75) is 75.8 Å². The maximum absolute atomic E-state index is 13.3. The van der Waals surface area contributed by atoms with Gasteiger partial charge in [-0.05, 0) is 69.6 Å². The van der Waals surface area contributed by atoms with Crippen LogP contribution in [0.25, 0.3) is 0 Å². The van der Waals surface area contributed by atoms with Gasteiger partial charge in [-0.25, -0.2) is 4.79 Å². The van der Waals surface area contributed by atoms with Gasteiger partial charge in [0, 0.05) is 50.0 Å². The number of hydrogen-bond acceptors (Lipinski definition) is 8. The van der Waals surface area contributed by atoms with Crippen LogP contribution in [0.2, 0.25) is 0 Å². The Morgan fingerprint density at radius 1 is 0.976 bits per heavy atom. The zero-order valence-corrected chi connectivity index (χ0v) is 22.6.